The third-order valence-electron chi connectivity index (χ3n) is 3.80. The second kappa shape index (κ2) is 6.97. The second-order valence-electron chi connectivity index (χ2n) is 5.54. The Bertz CT molecular complexity index is 610. The van der Waals surface area contributed by atoms with Gasteiger partial charge in [-0.15, -0.1) is 0 Å². The van der Waals surface area contributed by atoms with E-state index in [0.717, 1.165) is 29.2 Å². The molecule has 0 saturated carbocycles. The van der Waals surface area contributed by atoms with Gasteiger partial charge in [0.2, 0.25) is 0 Å². The first-order valence-corrected chi connectivity index (χ1v) is 7.73. The van der Waals surface area contributed by atoms with Crippen LogP contribution < -0.4 is 10.6 Å². The van der Waals surface area contributed by atoms with Crippen molar-refractivity contribution >= 4 is 23.0 Å². The Hall–Kier alpha value is -1.51. The normalized spacial score (nSPS) is 12.2. The number of nitrogens with two attached hydrogens (primary N) is 1. The lowest BCUT2D eigenvalue weighted by atomic mass is 10.0. The van der Waals surface area contributed by atoms with E-state index in [9.17, 15) is 0 Å². The van der Waals surface area contributed by atoms with Gasteiger partial charge in [0.1, 0.15) is 0 Å². The number of aryl methyl sites for hydroxylation is 1. The van der Waals surface area contributed by atoms with E-state index in [4.69, 9.17) is 17.3 Å². The minimum Gasteiger partial charge on any atom is -0.344 e. The summed E-state index contributed by atoms with van der Waals surface area (Å²) in [6.45, 7) is 4.22. The molecule has 2 nitrogen and oxygen atoms in total. The maximum absolute atomic E-state index is 6.19. The minimum atomic E-state index is 0.177. The molecular weight excluding hydrogens is 280 g/mol. The average Bonchev–Trinajstić information content (AvgIpc) is 2.48. The van der Waals surface area contributed by atoms with E-state index in [0.29, 0.717) is 0 Å². The SMILES string of the molecule is CCC(N)Cc1ccc(Cl)cc1N(C)c1cccc(C)c1. The fourth-order valence-corrected chi connectivity index (χ4v) is 2.59. The number of benzene rings is 2. The number of halogens is 1. The fourth-order valence-electron chi connectivity index (χ4n) is 2.42. The predicted molar refractivity (Wildman–Crippen MR) is 92.7 cm³/mol. The van der Waals surface area contributed by atoms with Crippen molar-refractivity contribution in [2.24, 2.45) is 5.73 Å². The van der Waals surface area contributed by atoms with Gasteiger partial charge in [0.05, 0.1) is 0 Å². The van der Waals surface area contributed by atoms with Gasteiger partial charge < -0.3 is 10.6 Å². The van der Waals surface area contributed by atoms with E-state index in [1.807, 2.05) is 12.1 Å². The number of anilines is 2. The van der Waals surface area contributed by atoms with Crippen molar-refractivity contribution < 1.29 is 0 Å². The molecule has 21 heavy (non-hydrogen) atoms. The first kappa shape index (κ1) is 15.9. The van der Waals surface area contributed by atoms with Crippen molar-refractivity contribution in [2.45, 2.75) is 32.7 Å². The lowest BCUT2D eigenvalue weighted by molar-refractivity contribution is 0.646. The molecular formula is C18H23ClN2. The summed E-state index contributed by atoms with van der Waals surface area (Å²) in [6.07, 6.45) is 1.83. The van der Waals surface area contributed by atoms with Gasteiger partial charge in [-0.25, -0.2) is 0 Å². The van der Waals surface area contributed by atoms with E-state index in [1.54, 1.807) is 0 Å². The highest BCUT2D eigenvalue weighted by molar-refractivity contribution is 6.30. The maximum atomic E-state index is 6.19. The molecule has 3 heteroatoms. The molecule has 0 aliphatic heterocycles. The minimum absolute atomic E-state index is 0.177. The van der Waals surface area contributed by atoms with Crippen LogP contribution in [0, 0.1) is 6.92 Å². The van der Waals surface area contributed by atoms with Gasteiger partial charge >= 0.3 is 0 Å². The summed E-state index contributed by atoms with van der Waals surface area (Å²) in [5, 5.41) is 0.748. The third-order valence-corrected chi connectivity index (χ3v) is 4.04. The van der Waals surface area contributed by atoms with Crippen LogP contribution in [0.2, 0.25) is 5.02 Å². The Morgan fingerprint density at radius 2 is 1.95 bits per heavy atom. The number of rotatable bonds is 5. The molecule has 0 heterocycles. The summed E-state index contributed by atoms with van der Waals surface area (Å²) < 4.78 is 0. The third kappa shape index (κ3) is 3.99. The molecule has 0 saturated heterocycles. The molecule has 0 amide bonds. The zero-order valence-corrected chi connectivity index (χ0v) is 13.7. The van der Waals surface area contributed by atoms with Crippen LogP contribution in [0.4, 0.5) is 11.4 Å². The van der Waals surface area contributed by atoms with Crippen molar-refractivity contribution in [2.75, 3.05) is 11.9 Å². The van der Waals surface area contributed by atoms with E-state index >= 15 is 0 Å². The lowest BCUT2D eigenvalue weighted by Crippen LogP contribution is -2.23. The predicted octanol–water partition coefficient (Wildman–Crippen LogP) is 4.70. The van der Waals surface area contributed by atoms with E-state index in [1.165, 1.54) is 11.1 Å². The molecule has 0 spiro atoms. The van der Waals surface area contributed by atoms with Crippen molar-refractivity contribution in [1.82, 2.24) is 0 Å². The van der Waals surface area contributed by atoms with E-state index in [2.05, 4.69) is 56.1 Å². The Morgan fingerprint density at radius 1 is 1.19 bits per heavy atom. The highest BCUT2D eigenvalue weighted by atomic mass is 35.5. The molecule has 2 N–H and O–H groups in total. The molecule has 2 aromatic carbocycles. The van der Waals surface area contributed by atoms with Crippen LogP contribution in [0.5, 0.6) is 0 Å². The Labute approximate surface area is 132 Å². The Morgan fingerprint density at radius 3 is 2.62 bits per heavy atom. The average molecular weight is 303 g/mol. The largest absolute Gasteiger partial charge is 0.344 e. The highest BCUT2D eigenvalue weighted by Gasteiger charge is 2.12. The zero-order valence-electron chi connectivity index (χ0n) is 12.9. The van der Waals surface area contributed by atoms with Gasteiger partial charge in [-0.2, -0.15) is 0 Å². The van der Waals surface area contributed by atoms with Gasteiger partial charge in [0.25, 0.3) is 0 Å². The fraction of sp³-hybridized carbons (Fsp3) is 0.333. The molecule has 112 valence electrons. The molecule has 1 atom stereocenters. The van der Waals surface area contributed by atoms with Crippen LogP contribution in [-0.4, -0.2) is 13.1 Å². The van der Waals surface area contributed by atoms with Gasteiger partial charge in [0.15, 0.2) is 0 Å². The van der Waals surface area contributed by atoms with Gasteiger partial charge in [0, 0.05) is 29.5 Å². The smallest absolute Gasteiger partial charge is 0.0456 e. The molecule has 0 aliphatic carbocycles. The molecule has 0 radical (unpaired) electrons. The summed E-state index contributed by atoms with van der Waals surface area (Å²) in [6, 6.07) is 14.7. The number of hydrogen-bond acceptors (Lipinski definition) is 2. The van der Waals surface area contributed by atoms with Crippen LogP contribution >= 0.6 is 11.6 Å². The van der Waals surface area contributed by atoms with Crippen LogP contribution in [0.3, 0.4) is 0 Å². The standard InChI is InChI=1S/C18H23ClN2/c1-4-16(20)11-14-8-9-15(19)12-18(14)21(3)17-7-5-6-13(2)10-17/h5-10,12,16H,4,11,20H2,1-3H3. The van der Waals surface area contributed by atoms with Crippen molar-refractivity contribution in [1.29, 1.82) is 0 Å². The Kier molecular flexibility index (Phi) is 5.27. The molecule has 1 unspecified atom stereocenters. The summed E-state index contributed by atoms with van der Waals surface area (Å²) >= 11 is 6.19. The van der Waals surface area contributed by atoms with Crippen LogP contribution in [-0.2, 0) is 6.42 Å². The quantitative estimate of drug-likeness (QED) is 0.867. The molecule has 2 aromatic rings. The van der Waals surface area contributed by atoms with Crippen molar-refractivity contribution in [3.8, 4) is 0 Å². The first-order chi connectivity index (χ1) is 10.0. The molecule has 0 aromatic heterocycles. The van der Waals surface area contributed by atoms with Crippen LogP contribution in [0.1, 0.15) is 24.5 Å². The number of hydrogen-bond donors (Lipinski definition) is 1. The van der Waals surface area contributed by atoms with Crippen LogP contribution in [0.15, 0.2) is 42.5 Å². The summed E-state index contributed by atoms with van der Waals surface area (Å²) in [7, 11) is 2.07. The van der Waals surface area contributed by atoms with Gasteiger partial charge in [-0.3, -0.25) is 0 Å². The highest BCUT2D eigenvalue weighted by Crippen LogP contribution is 2.31. The van der Waals surface area contributed by atoms with Crippen molar-refractivity contribution in [3.05, 3.63) is 58.6 Å². The molecule has 0 bridgehead atoms. The first-order valence-electron chi connectivity index (χ1n) is 7.35. The maximum Gasteiger partial charge on any atom is 0.0456 e. The molecule has 0 aliphatic rings. The van der Waals surface area contributed by atoms with Crippen LogP contribution in [0.25, 0.3) is 0 Å². The van der Waals surface area contributed by atoms with Gasteiger partial charge in [-0.1, -0.05) is 36.7 Å². The second-order valence-corrected chi connectivity index (χ2v) is 5.98. The van der Waals surface area contributed by atoms with Crippen molar-refractivity contribution in [3.63, 3.8) is 0 Å². The topological polar surface area (TPSA) is 29.3 Å². The molecule has 0 fully saturated rings. The zero-order chi connectivity index (χ0) is 15.4. The van der Waals surface area contributed by atoms with E-state index < -0.39 is 0 Å². The monoisotopic (exact) mass is 302 g/mol. The summed E-state index contributed by atoms with van der Waals surface area (Å²) in [5.74, 6) is 0. The lowest BCUT2D eigenvalue weighted by Gasteiger charge is -2.24. The van der Waals surface area contributed by atoms with Gasteiger partial charge in [-0.05, 0) is 55.2 Å². The summed E-state index contributed by atoms with van der Waals surface area (Å²) in [4.78, 5) is 2.18. The van der Waals surface area contributed by atoms with E-state index in [-0.39, 0.29) is 6.04 Å². The summed E-state index contributed by atoms with van der Waals surface area (Å²) in [5.41, 5.74) is 10.9. The molecule has 2 rings (SSSR count). The number of nitrogens with zero attached hydrogens (tertiary/aromatic N) is 1. The Balaban J connectivity index is 2.39.